The van der Waals surface area contributed by atoms with E-state index in [-0.39, 0.29) is 29.2 Å². The second kappa shape index (κ2) is 8.48. The average Bonchev–Trinajstić information content (AvgIpc) is 2.56. The van der Waals surface area contributed by atoms with E-state index in [4.69, 9.17) is 4.74 Å². The first-order chi connectivity index (χ1) is 10.7. The van der Waals surface area contributed by atoms with Crippen LogP contribution in [0.15, 0.2) is 18.2 Å². The number of carbonyl (C=O) groups is 2. The van der Waals surface area contributed by atoms with E-state index in [2.05, 4.69) is 15.6 Å². The largest absolute Gasteiger partial charge is 0.383 e. The second-order valence-corrected chi connectivity index (χ2v) is 5.47. The maximum absolute atomic E-state index is 12.2. The molecule has 2 rings (SSSR count). The molecule has 0 saturated heterocycles. The Kier molecular flexibility index (Phi) is 6.33. The number of aromatic nitrogens is 1. The summed E-state index contributed by atoms with van der Waals surface area (Å²) >= 11 is 0. The zero-order valence-corrected chi connectivity index (χ0v) is 12.9. The molecule has 0 bridgehead atoms. The van der Waals surface area contributed by atoms with Gasteiger partial charge < -0.3 is 15.4 Å². The highest BCUT2D eigenvalue weighted by atomic mass is 16.5. The molecule has 0 radical (unpaired) electrons. The van der Waals surface area contributed by atoms with Gasteiger partial charge >= 0.3 is 0 Å². The average molecular weight is 305 g/mol. The van der Waals surface area contributed by atoms with Crippen molar-refractivity contribution in [2.24, 2.45) is 0 Å². The number of nitrogens with one attached hydrogen (secondary N) is 2. The fourth-order valence-electron chi connectivity index (χ4n) is 2.55. The molecule has 1 fully saturated rings. The number of methoxy groups -OCH3 is 1. The lowest BCUT2D eigenvalue weighted by Crippen LogP contribution is -2.37. The molecule has 0 unspecified atom stereocenters. The number of hydrogen-bond acceptors (Lipinski definition) is 4. The third-order valence-electron chi connectivity index (χ3n) is 3.75. The summed E-state index contributed by atoms with van der Waals surface area (Å²) in [5.41, 5.74) is 0.525. The lowest BCUT2D eigenvalue weighted by atomic mass is 9.95. The molecular formula is C16H23N3O3. The van der Waals surface area contributed by atoms with Crippen molar-refractivity contribution in [3.8, 4) is 0 Å². The summed E-state index contributed by atoms with van der Waals surface area (Å²) in [6, 6.07) is 5.12. The van der Waals surface area contributed by atoms with Gasteiger partial charge in [-0.15, -0.1) is 0 Å². The topological polar surface area (TPSA) is 80.3 Å². The monoisotopic (exact) mass is 305 g/mol. The van der Waals surface area contributed by atoms with Crippen LogP contribution in [0.4, 0.5) is 0 Å². The first-order valence-electron chi connectivity index (χ1n) is 7.76. The van der Waals surface area contributed by atoms with Crippen molar-refractivity contribution in [2.75, 3.05) is 20.3 Å². The van der Waals surface area contributed by atoms with Crippen LogP contribution >= 0.6 is 0 Å². The molecule has 6 heteroatoms. The molecular weight excluding hydrogens is 282 g/mol. The predicted molar refractivity (Wildman–Crippen MR) is 82.8 cm³/mol. The maximum Gasteiger partial charge on any atom is 0.270 e. The number of ether oxygens (including phenoxy) is 1. The van der Waals surface area contributed by atoms with Crippen LogP contribution in [0, 0.1) is 0 Å². The summed E-state index contributed by atoms with van der Waals surface area (Å²) in [6.07, 6.45) is 5.58. The highest BCUT2D eigenvalue weighted by molar-refractivity contribution is 5.96. The van der Waals surface area contributed by atoms with Gasteiger partial charge in [0.15, 0.2) is 0 Å². The van der Waals surface area contributed by atoms with Gasteiger partial charge in [-0.1, -0.05) is 25.3 Å². The Hall–Kier alpha value is -1.95. The molecule has 1 aromatic heterocycles. The zero-order valence-electron chi connectivity index (χ0n) is 12.9. The molecule has 0 atom stereocenters. The highest BCUT2D eigenvalue weighted by Gasteiger charge is 2.18. The minimum absolute atomic E-state index is 0.210. The molecule has 6 nitrogen and oxygen atoms in total. The Balaban J connectivity index is 1.94. The standard InChI is InChI=1S/C16H23N3O3/c1-22-11-10-17-15(20)13-8-5-9-14(19-13)16(21)18-12-6-3-2-4-7-12/h5,8-9,12H,2-4,6-7,10-11H2,1H3,(H,17,20)(H,18,21). The second-order valence-electron chi connectivity index (χ2n) is 5.47. The van der Waals surface area contributed by atoms with Crippen LogP contribution < -0.4 is 10.6 Å². The SMILES string of the molecule is COCCNC(=O)c1cccc(C(=O)NC2CCCCC2)n1. The smallest absolute Gasteiger partial charge is 0.270 e. The van der Waals surface area contributed by atoms with E-state index < -0.39 is 0 Å². The minimum Gasteiger partial charge on any atom is -0.383 e. The Labute approximate surface area is 130 Å². The molecule has 1 aromatic rings. The molecule has 2 amide bonds. The van der Waals surface area contributed by atoms with E-state index >= 15 is 0 Å². The van der Waals surface area contributed by atoms with Crippen molar-refractivity contribution in [1.29, 1.82) is 0 Å². The molecule has 0 aromatic carbocycles. The lowest BCUT2D eigenvalue weighted by Gasteiger charge is -2.22. The fraction of sp³-hybridized carbons (Fsp3) is 0.562. The summed E-state index contributed by atoms with van der Waals surface area (Å²) in [6.45, 7) is 0.850. The number of nitrogens with zero attached hydrogens (tertiary/aromatic N) is 1. The van der Waals surface area contributed by atoms with Gasteiger partial charge in [0.05, 0.1) is 6.61 Å². The summed E-state index contributed by atoms with van der Waals surface area (Å²) in [5.74, 6) is -0.511. The normalized spacial score (nSPS) is 15.3. The van der Waals surface area contributed by atoms with Gasteiger partial charge in [-0.05, 0) is 25.0 Å². The molecule has 1 heterocycles. The van der Waals surface area contributed by atoms with E-state index in [9.17, 15) is 9.59 Å². The number of rotatable bonds is 6. The van der Waals surface area contributed by atoms with Crippen LogP contribution in [0.2, 0.25) is 0 Å². The Morgan fingerprint density at radius 2 is 1.86 bits per heavy atom. The van der Waals surface area contributed by atoms with Crippen molar-refractivity contribution in [3.05, 3.63) is 29.6 Å². The van der Waals surface area contributed by atoms with Crippen LogP contribution in [0.3, 0.4) is 0 Å². The lowest BCUT2D eigenvalue weighted by molar-refractivity contribution is 0.0921. The molecule has 0 aliphatic heterocycles. The van der Waals surface area contributed by atoms with E-state index in [1.54, 1.807) is 25.3 Å². The molecule has 22 heavy (non-hydrogen) atoms. The van der Waals surface area contributed by atoms with Gasteiger partial charge in [0, 0.05) is 19.7 Å². The summed E-state index contributed by atoms with van der Waals surface area (Å²) in [7, 11) is 1.57. The number of carbonyl (C=O) groups excluding carboxylic acids is 2. The fourth-order valence-corrected chi connectivity index (χ4v) is 2.55. The Bertz CT molecular complexity index is 513. The predicted octanol–water partition coefficient (Wildman–Crippen LogP) is 1.52. The van der Waals surface area contributed by atoms with Crippen molar-refractivity contribution in [3.63, 3.8) is 0 Å². The van der Waals surface area contributed by atoms with Crippen molar-refractivity contribution < 1.29 is 14.3 Å². The van der Waals surface area contributed by atoms with E-state index in [0.29, 0.717) is 13.2 Å². The van der Waals surface area contributed by atoms with Gasteiger partial charge in [-0.3, -0.25) is 9.59 Å². The highest BCUT2D eigenvalue weighted by Crippen LogP contribution is 2.17. The van der Waals surface area contributed by atoms with Crippen LogP contribution in [0.5, 0.6) is 0 Å². The number of hydrogen-bond donors (Lipinski definition) is 2. The quantitative estimate of drug-likeness (QED) is 0.781. The Morgan fingerprint density at radius 1 is 1.18 bits per heavy atom. The third kappa shape index (κ3) is 4.80. The minimum atomic E-state index is -0.302. The van der Waals surface area contributed by atoms with Gasteiger partial charge in [-0.2, -0.15) is 0 Å². The first kappa shape index (κ1) is 16.4. The first-order valence-corrected chi connectivity index (χ1v) is 7.76. The van der Waals surface area contributed by atoms with Gasteiger partial charge in [0.25, 0.3) is 11.8 Å². The van der Waals surface area contributed by atoms with Crippen molar-refractivity contribution >= 4 is 11.8 Å². The van der Waals surface area contributed by atoms with Crippen LogP contribution in [0.1, 0.15) is 53.1 Å². The van der Waals surface area contributed by atoms with E-state index in [0.717, 1.165) is 25.7 Å². The van der Waals surface area contributed by atoms with Crippen LogP contribution in [0.25, 0.3) is 0 Å². The summed E-state index contributed by atoms with van der Waals surface area (Å²) < 4.78 is 4.88. The molecule has 1 aliphatic carbocycles. The van der Waals surface area contributed by atoms with Gasteiger partial charge in [0.1, 0.15) is 11.4 Å². The molecule has 1 saturated carbocycles. The Morgan fingerprint density at radius 3 is 2.55 bits per heavy atom. The summed E-state index contributed by atoms with van der Waals surface area (Å²) in [4.78, 5) is 28.3. The van der Waals surface area contributed by atoms with Crippen molar-refractivity contribution in [2.45, 2.75) is 38.1 Å². The van der Waals surface area contributed by atoms with E-state index in [1.807, 2.05) is 0 Å². The molecule has 2 N–H and O–H groups in total. The van der Waals surface area contributed by atoms with Crippen LogP contribution in [-0.2, 0) is 4.74 Å². The summed E-state index contributed by atoms with van der Waals surface area (Å²) in [5, 5.41) is 5.69. The molecule has 1 aliphatic rings. The molecule has 120 valence electrons. The maximum atomic E-state index is 12.2. The van der Waals surface area contributed by atoms with Gasteiger partial charge in [0.2, 0.25) is 0 Å². The van der Waals surface area contributed by atoms with E-state index in [1.165, 1.54) is 6.42 Å². The zero-order chi connectivity index (χ0) is 15.8. The molecule has 0 spiro atoms. The van der Waals surface area contributed by atoms with Gasteiger partial charge in [-0.25, -0.2) is 4.98 Å². The number of pyridine rings is 1. The number of amides is 2. The van der Waals surface area contributed by atoms with Crippen LogP contribution in [-0.4, -0.2) is 43.1 Å². The van der Waals surface area contributed by atoms with Crippen molar-refractivity contribution in [1.82, 2.24) is 15.6 Å². The third-order valence-corrected chi connectivity index (χ3v) is 3.75.